The monoisotopic (exact) mass is 571 g/mol. The first-order valence-electron chi connectivity index (χ1n) is 15.3. The van der Waals surface area contributed by atoms with Crippen LogP contribution < -0.4 is 5.32 Å². The first kappa shape index (κ1) is 28.7. The van der Waals surface area contributed by atoms with Gasteiger partial charge in [0.1, 0.15) is 11.5 Å². The Morgan fingerprint density at radius 3 is 2.76 bits per heavy atom. The summed E-state index contributed by atoms with van der Waals surface area (Å²) in [4.78, 5) is 16.3. The molecule has 222 valence electrons. The van der Waals surface area contributed by atoms with Crippen molar-refractivity contribution in [2.45, 2.75) is 90.3 Å². The molecule has 2 atom stereocenters. The number of aryl methyl sites for hydroxylation is 1. The van der Waals surface area contributed by atoms with E-state index in [1.165, 1.54) is 31.0 Å². The Kier molecular flexibility index (Phi) is 7.74. The van der Waals surface area contributed by atoms with Gasteiger partial charge in [-0.15, -0.1) is 0 Å². The number of rotatable bonds is 7. The van der Waals surface area contributed by atoms with E-state index in [9.17, 15) is 9.50 Å². The van der Waals surface area contributed by atoms with Crippen molar-refractivity contribution in [3.05, 3.63) is 59.3 Å². The number of nitrogens with zero attached hydrogens (tertiary/aromatic N) is 6. The highest BCUT2D eigenvalue weighted by Gasteiger charge is 2.31. The van der Waals surface area contributed by atoms with Crippen LogP contribution in [0.4, 0.5) is 16.2 Å². The average Bonchev–Trinajstić information content (AvgIpc) is 3.28. The van der Waals surface area contributed by atoms with Crippen LogP contribution in [0.1, 0.15) is 82.7 Å². The third-order valence-electron chi connectivity index (χ3n) is 8.82. The minimum Gasteiger partial charge on any atom is -0.390 e. The van der Waals surface area contributed by atoms with E-state index in [1.807, 2.05) is 49.8 Å². The minimum absolute atomic E-state index is 0.247. The molecule has 9 heteroatoms. The number of fused-ring (bicyclic) bond motifs is 2. The third-order valence-corrected chi connectivity index (χ3v) is 8.82. The summed E-state index contributed by atoms with van der Waals surface area (Å²) < 4.78 is 16.9. The molecule has 4 heterocycles. The maximum Gasteiger partial charge on any atom is 0.229 e. The first-order valence-corrected chi connectivity index (χ1v) is 15.3. The van der Waals surface area contributed by atoms with Crippen molar-refractivity contribution in [1.29, 1.82) is 0 Å². The quantitative estimate of drug-likeness (QED) is 0.261. The number of benzene rings is 1. The standard InChI is InChI=1S/C33H42FN7O/c1-20(2)31-25-16-22(9-11-28(25)39-40(31)5)30-26(34)18-35-32(38-30)37-29-12-10-23-19-41(14-13-27(23)36-29)24-8-6-7-21(15-24)17-33(3,4)42/h9-12,16,18,20-21,24,42H,6-8,13-15,17,19H2,1-5H3,(H,35,36,37,38). The van der Waals surface area contributed by atoms with Crippen LogP contribution in [0.5, 0.6) is 0 Å². The predicted molar refractivity (Wildman–Crippen MR) is 164 cm³/mol. The number of halogens is 1. The second-order valence-electron chi connectivity index (χ2n) is 13.1. The number of hydrogen-bond donors (Lipinski definition) is 2. The van der Waals surface area contributed by atoms with Gasteiger partial charge in [-0.3, -0.25) is 9.58 Å². The van der Waals surface area contributed by atoms with Crippen LogP contribution in [-0.2, 0) is 20.0 Å². The van der Waals surface area contributed by atoms with E-state index in [0.29, 0.717) is 29.3 Å². The lowest BCUT2D eigenvalue weighted by atomic mass is 9.79. The predicted octanol–water partition coefficient (Wildman–Crippen LogP) is 6.51. The Hall–Kier alpha value is -3.43. The average molecular weight is 572 g/mol. The van der Waals surface area contributed by atoms with Crippen LogP contribution in [0.3, 0.4) is 0 Å². The fraction of sp³-hybridized carbons (Fsp3) is 0.515. The van der Waals surface area contributed by atoms with Crippen LogP contribution in [-0.4, -0.2) is 52.9 Å². The molecule has 1 aromatic carbocycles. The highest BCUT2D eigenvalue weighted by Crippen LogP contribution is 2.35. The van der Waals surface area contributed by atoms with Crippen molar-refractivity contribution in [3.63, 3.8) is 0 Å². The normalized spacial score (nSPS) is 19.8. The van der Waals surface area contributed by atoms with E-state index >= 15 is 0 Å². The minimum atomic E-state index is -0.604. The SMILES string of the molecule is CC(C)c1c2cc(-c3nc(Nc4ccc5c(n4)CCN(C4CCCC(CC(C)(C)O)C4)C5)ncc3F)ccc2nn1C. The van der Waals surface area contributed by atoms with Gasteiger partial charge < -0.3 is 10.4 Å². The summed E-state index contributed by atoms with van der Waals surface area (Å²) in [7, 11) is 1.94. The van der Waals surface area contributed by atoms with E-state index in [-0.39, 0.29) is 11.6 Å². The number of pyridine rings is 1. The van der Waals surface area contributed by atoms with E-state index < -0.39 is 11.4 Å². The summed E-state index contributed by atoms with van der Waals surface area (Å²) in [6.07, 6.45) is 7.79. The Morgan fingerprint density at radius 2 is 1.98 bits per heavy atom. The summed E-state index contributed by atoms with van der Waals surface area (Å²) in [5, 5.41) is 19.1. The lowest BCUT2D eigenvalue weighted by Crippen LogP contribution is -2.43. The Balaban J connectivity index is 1.17. The van der Waals surface area contributed by atoms with Gasteiger partial charge >= 0.3 is 0 Å². The molecule has 0 radical (unpaired) electrons. The molecule has 0 spiro atoms. The number of nitrogens with one attached hydrogen (secondary N) is 1. The second-order valence-corrected chi connectivity index (χ2v) is 13.1. The third kappa shape index (κ3) is 6.03. The maximum absolute atomic E-state index is 15.0. The molecular weight excluding hydrogens is 529 g/mol. The van der Waals surface area contributed by atoms with E-state index in [0.717, 1.165) is 54.6 Å². The maximum atomic E-state index is 15.0. The number of aliphatic hydroxyl groups is 1. The molecule has 1 aliphatic heterocycles. The number of hydrogen-bond acceptors (Lipinski definition) is 7. The van der Waals surface area contributed by atoms with Gasteiger partial charge in [-0.1, -0.05) is 38.8 Å². The van der Waals surface area contributed by atoms with Gasteiger partial charge in [0.15, 0.2) is 5.82 Å². The van der Waals surface area contributed by atoms with Crippen LogP contribution in [0.2, 0.25) is 0 Å². The van der Waals surface area contributed by atoms with Gasteiger partial charge in [0.05, 0.1) is 17.3 Å². The summed E-state index contributed by atoms with van der Waals surface area (Å²) in [6.45, 7) is 9.98. The van der Waals surface area contributed by atoms with E-state index in [4.69, 9.17) is 4.98 Å². The zero-order valence-electron chi connectivity index (χ0n) is 25.4. The van der Waals surface area contributed by atoms with Crippen molar-refractivity contribution >= 4 is 22.7 Å². The van der Waals surface area contributed by atoms with Crippen LogP contribution >= 0.6 is 0 Å². The highest BCUT2D eigenvalue weighted by atomic mass is 19.1. The van der Waals surface area contributed by atoms with Gasteiger partial charge in [0.2, 0.25) is 5.95 Å². The van der Waals surface area contributed by atoms with Gasteiger partial charge in [0.25, 0.3) is 0 Å². The molecule has 42 heavy (non-hydrogen) atoms. The van der Waals surface area contributed by atoms with Crippen LogP contribution in [0.15, 0.2) is 36.5 Å². The summed E-state index contributed by atoms with van der Waals surface area (Å²) in [6, 6.07) is 10.4. The fourth-order valence-electron chi connectivity index (χ4n) is 7.10. The lowest BCUT2D eigenvalue weighted by molar-refractivity contribution is 0.0307. The molecule has 2 unspecified atom stereocenters. The zero-order valence-corrected chi connectivity index (χ0v) is 25.4. The molecule has 4 aromatic rings. The molecule has 2 N–H and O–H groups in total. The molecular formula is C33H42FN7O. The topological polar surface area (TPSA) is 92.0 Å². The van der Waals surface area contributed by atoms with E-state index in [1.54, 1.807) is 0 Å². The smallest absolute Gasteiger partial charge is 0.229 e. The molecule has 6 rings (SSSR count). The molecule has 0 amide bonds. The summed E-state index contributed by atoms with van der Waals surface area (Å²) in [5.41, 5.74) is 4.66. The number of aromatic nitrogens is 5. The molecule has 1 aliphatic carbocycles. The van der Waals surface area contributed by atoms with Crippen LogP contribution in [0.25, 0.3) is 22.2 Å². The lowest BCUT2D eigenvalue weighted by Gasteiger charge is -2.41. The molecule has 0 saturated heterocycles. The Bertz CT molecular complexity index is 1590. The summed E-state index contributed by atoms with van der Waals surface area (Å²) in [5.74, 6) is 1.36. The molecule has 1 saturated carbocycles. The van der Waals surface area contributed by atoms with Gasteiger partial charge in [-0.25, -0.2) is 19.3 Å². The first-order chi connectivity index (χ1) is 20.0. The molecule has 1 fully saturated rings. The Morgan fingerprint density at radius 1 is 1.14 bits per heavy atom. The van der Waals surface area contributed by atoms with Crippen molar-refractivity contribution in [3.8, 4) is 11.3 Å². The van der Waals surface area contributed by atoms with Crippen LogP contribution in [0, 0.1) is 11.7 Å². The largest absolute Gasteiger partial charge is 0.390 e. The molecule has 8 nitrogen and oxygen atoms in total. The van der Waals surface area contributed by atoms with Gasteiger partial charge in [-0.2, -0.15) is 5.10 Å². The zero-order chi connectivity index (χ0) is 29.6. The molecule has 3 aromatic heterocycles. The van der Waals surface area contributed by atoms with Gasteiger partial charge in [-0.05, 0) is 68.7 Å². The molecule has 0 bridgehead atoms. The Labute approximate surface area is 247 Å². The van der Waals surface area contributed by atoms with Crippen molar-refractivity contribution < 1.29 is 9.50 Å². The van der Waals surface area contributed by atoms with Gasteiger partial charge in [0, 0.05) is 54.9 Å². The van der Waals surface area contributed by atoms with Crippen molar-refractivity contribution in [1.82, 2.24) is 29.6 Å². The fourth-order valence-corrected chi connectivity index (χ4v) is 7.10. The van der Waals surface area contributed by atoms with E-state index in [2.05, 4.69) is 45.2 Å². The highest BCUT2D eigenvalue weighted by molar-refractivity contribution is 5.86. The van der Waals surface area contributed by atoms with Crippen molar-refractivity contribution in [2.75, 3.05) is 11.9 Å². The van der Waals surface area contributed by atoms with Crippen molar-refractivity contribution in [2.24, 2.45) is 13.0 Å². The second kappa shape index (κ2) is 11.3. The number of anilines is 2. The molecule has 2 aliphatic rings. The summed E-state index contributed by atoms with van der Waals surface area (Å²) >= 11 is 0.